The molecule has 14 nitrogen and oxygen atoms in total. The monoisotopic (exact) mass is 574 g/mol. The first-order chi connectivity index (χ1) is 19.0. The molecule has 1 aromatic carbocycles. The molecule has 0 saturated carbocycles. The van der Waals surface area contributed by atoms with E-state index in [1.807, 2.05) is 0 Å². The van der Waals surface area contributed by atoms with E-state index in [4.69, 9.17) is 29.7 Å². The standard InChI is InChI=1S/C25H35N8O6P/c1-14(2)37-24(34)16(4)32-40(35,39-17-9-7-6-8-10-17)36-12-19-18(15(3)26)11-20(38-19)33-13-29-21-22(28-5)30-25(27)31-23(21)33/h6-10,13-14,16,18-20,26H,11-12H2,1-5H3,(H,32,35)(H3,27,28,30,31)/t16-,18+,19-,20-,40+/m1/s1. The molecule has 40 heavy (non-hydrogen) atoms. The molecule has 216 valence electrons. The van der Waals surface area contributed by atoms with Crippen LogP contribution in [0, 0.1) is 11.3 Å². The van der Waals surface area contributed by atoms with Gasteiger partial charge in [-0.25, -0.2) is 9.55 Å². The Morgan fingerprint density at radius 3 is 2.65 bits per heavy atom. The second-order valence-corrected chi connectivity index (χ2v) is 11.4. The summed E-state index contributed by atoms with van der Waals surface area (Å²) < 4.78 is 38.7. The van der Waals surface area contributed by atoms with Gasteiger partial charge in [-0.05, 0) is 39.8 Å². The molecular weight excluding hydrogens is 539 g/mol. The maximum Gasteiger partial charge on any atom is 0.459 e. The molecule has 0 aliphatic carbocycles. The zero-order chi connectivity index (χ0) is 29.0. The van der Waals surface area contributed by atoms with Crippen molar-refractivity contribution in [2.75, 3.05) is 24.7 Å². The normalized spacial score (nSPS) is 21.2. The maximum atomic E-state index is 13.9. The minimum atomic E-state index is -4.11. The number of carbonyl (C=O) groups excluding carboxylic acids is 1. The molecule has 0 bridgehead atoms. The fourth-order valence-corrected chi connectivity index (χ4v) is 5.84. The van der Waals surface area contributed by atoms with Crippen LogP contribution in [0.1, 0.15) is 40.3 Å². The first-order valence-corrected chi connectivity index (χ1v) is 14.4. The van der Waals surface area contributed by atoms with Crippen LogP contribution in [0.3, 0.4) is 0 Å². The van der Waals surface area contributed by atoms with Crippen molar-refractivity contribution in [1.82, 2.24) is 24.6 Å². The topological polar surface area (TPSA) is 189 Å². The Morgan fingerprint density at radius 2 is 2.00 bits per heavy atom. The molecule has 3 aromatic rings. The van der Waals surface area contributed by atoms with Crippen LogP contribution in [0.2, 0.25) is 0 Å². The number of anilines is 2. The van der Waals surface area contributed by atoms with Crippen LogP contribution < -0.4 is 20.7 Å². The molecule has 1 fully saturated rings. The van der Waals surface area contributed by atoms with Gasteiger partial charge in [0.05, 0.1) is 25.1 Å². The third-order valence-electron chi connectivity index (χ3n) is 6.21. The molecule has 0 spiro atoms. The summed E-state index contributed by atoms with van der Waals surface area (Å²) in [6.45, 7) is 6.44. The minimum Gasteiger partial charge on any atom is -0.462 e. The van der Waals surface area contributed by atoms with Gasteiger partial charge >= 0.3 is 13.7 Å². The maximum absolute atomic E-state index is 13.9. The number of nitrogens with one attached hydrogen (secondary N) is 3. The average molecular weight is 575 g/mol. The second kappa shape index (κ2) is 12.3. The zero-order valence-electron chi connectivity index (χ0n) is 23.0. The molecule has 15 heteroatoms. The van der Waals surface area contributed by atoms with Crippen molar-refractivity contribution in [2.45, 2.75) is 58.6 Å². The van der Waals surface area contributed by atoms with E-state index in [-0.39, 0.29) is 30.3 Å². The van der Waals surface area contributed by atoms with E-state index in [1.54, 1.807) is 69.0 Å². The summed E-state index contributed by atoms with van der Waals surface area (Å²) >= 11 is 0. The number of nitrogen functional groups attached to an aromatic ring is 1. The number of para-hydroxylation sites is 1. The first-order valence-electron chi connectivity index (χ1n) is 12.9. The Balaban J connectivity index is 1.55. The lowest BCUT2D eigenvalue weighted by atomic mass is 9.96. The van der Waals surface area contributed by atoms with E-state index >= 15 is 0 Å². The van der Waals surface area contributed by atoms with Crippen LogP contribution >= 0.6 is 7.75 Å². The Morgan fingerprint density at radius 1 is 1.27 bits per heavy atom. The molecule has 1 aliphatic heterocycles. The number of nitrogens with two attached hydrogens (primary N) is 1. The molecular formula is C25H35N8O6P. The Bertz CT molecular complexity index is 1400. The van der Waals surface area contributed by atoms with Crippen molar-refractivity contribution in [1.29, 1.82) is 5.41 Å². The van der Waals surface area contributed by atoms with Crippen molar-refractivity contribution in [3.05, 3.63) is 36.7 Å². The van der Waals surface area contributed by atoms with E-state index < -0.39 is 32.1 Å². The van der Waals surface area contributed by atoms with Crippen LogP contribution in [-0.2, 0) is 23.4 Å². The Hall–Kier alpha value is -3.58. The molecule has 5 N–H and O–H groups in total. The highest BCUT2D eigenvalue weighted by molar-refractivity contribution is 7.52. The molecule has 1 saturated heterocycles. The van der Waals surface area contributed by atoms with E-state index in [0.29, 0.717) is 29.1 Å². The number of hydrogen-bond acceptors (Lipinski definition) is 12. The van der Waals surface area contributed by atoms with Crippen molar-refractivity contribution < 1.29 is 27.9 Å². The molecule has 4 rings (SSSR count). The molecule has 0 amide bonds. The molecule has 0 unspecified atom stereocenters. The van der Waals surface area contributed by atoms with Gasteiger partial charge in [0, 0.05) is 25.1 Å². The van der Waals surface area contributed by atoms with Crippen LogP contribution in [0.15, 0.2) is 36.7 Å². The van der Waals surface area contributed by atoms with E-state index in [1.165, 1.54) is 6.92 Å². The van der Waals surface area contributed by atoms with Gasteiger partial charge in [0.1, 0.15) is 18.0 Å². The minimum absolute atomic E-state index is 0.0754. The molecule has 1 aliphatic rings. The first kappa shape index (κ1) is 29.4. The highest BCUT2D eigenvalue weighted by Crippen LogP contribution is 2.46. The van der Waals surface area contributed by atoms with Gasteiger partial charge in [-0.1, -0.05) is 18.2 Å². The number of hydrogen-bond donors (Lipinski definition) is 4. The van der Waals surface area contributed by atoms with Crippen LogP contribution in [-0.4, -0.2) is 63.1 Å². The van der Waals surface area contributed by atoms with Crippen LogP contribution in [0.5, 0.6) is 5.75 Å². The van der Waals surface area contributed by atoms with Gasteiger partial charge in [0.15, 0.2) is 17.0 Å². The molecule has 3 heterocycles. The van der Waals surface area contributed by atoms with Crippen LogP contribution in [0.25, 0.3) is 11.2 Å². The second-order valence-electron chi connectivity index (χ2n) is 9.69. The van der Waals surface area contributed by atoms with Crippen molar-refractivity contribution >= 4 is 42.4 Å². The highest BCUT2D eigenvalue weighted by atomic mass is 31.2. The zero-order valence-corrected chi connectivity index (χ0v) is 23.9. The van der Waals surface area contributed by atoms with Crippen molar-refractivity contribution in [3.63, 3.8) is 0 Å². The number of imidazole rings is 1. The van der Waals surface area contributed by atoms with Gasteiger partial charge in [-0.3, -0.25) is 13.9 Å². The molecule has 5 atom stereocenters. The van der Waals surface area contributed by atoms with Crippen molar-refractivity contribution in [3.8, 4) is 5.75 Å². The van der Waals surface area contributed by atoms with E-state index in [0.717, 1.165) is 0 Å². The number of benzene rings is 1. The lowest BCUT2D eigenvalue weighted by molar-refractivity contribution is -0.149. The molecule has 2 aromatic heterocycles. The number of nitrogens with zero attached hydrogens (tertiary/aromatic N) is 4. The summed E-state index contributed by atoms with van der Waals surface area (Å²) in [4.78, 5) is 25.3. The Kier molecular flexibility index (Phi) is 9.04. The summed E-state index contributed by atoms with van der Waals surface area (Å²) in [7, 11) is -2.40. The summed E-state index contributed by atoms with van der Waals surface area (Å²) in [5.74, 6) is -0.121. The summed E-state index contributed by atoms with van der Waals surface area (Å²) in [6.07, 6.45) is 0.440. The number of esters is 1. The third-order valence-corrected chi connectivity index (χ3v) is 7.86. The number of rotatable bonds is 12. The van der Waals surface area contributed by atoms with Crippen LogP contribution in [0.4, 0.5) is 11.8 Å². The predicted octanol–water partition coefficient (Wildman–Crippen LogP) is 3.53. The highest BCUT2D eigenvalue weighted by Gasteiger charge is 2.41. The lowest BCUT2D eigenvalue weighted by Crippen LogP contribution is -2.37. The Labute approximate surface area is 232 Å². The molecule has 0 radical (unpaired) electrons. The smallest absolute Gasteiger partial charge is 0.459 e. The van der Waals surface area contributed by atoms with E-state index in [9.17, 15) is 9.36 Å². The van der Waals surface area contributed by atoms with Crippen molar-refractivity contribution in [2.24, 2.45) is 5.92 Å². The van der Waals surface area contributed by atoms with Gasteiger partial charge in [0.2, 0.25) is 5.95 Å². The number of ether oxygens (including phenoxy) is 2. The summed E-state index contributed by atoms with van der Waals surface area (Å²) in [5, 5.41) is 14.0. The van der Waals surface area contributed by atoms with Gasteiger partial charge in [0.25, 0.3) is 0 Å². The van der Waals surface area contributed by atoms with Gasteiger partial charge < -0.3 is 30.5 Å². The van der Waals surface area contributed by atoms with Gasteiger partial charge in [-0.15, -0.1) is 0 Å². The number of fused-ring (bicyclic) bond motifs is 1. The fourth-order valence-electron chi connectivity index (χ4n) is 4.34. The van der Waals surface area contributed by atoms with E-state index in [2.05, 4.69) is 25.4 Å². The van der Waals surface area contributed by atoms with Gasteiger partial charge in [-0.2, -0.15) is 15.1 Å². The quantitative estimate of drug-likeness (QED) is 0.140. The number of aromatic nitrogens is 4. The lowest BCUT2D eigenvalue weighted by Gasteiger charge is -2.25. The summed E-state index contributed by atoms with van der Waals surface area (Å²) in [5.41, 5.74) is 7.26. The average Bonchev–Trinajstić information content (AvgIpc) is 3.51. The third kappa shape index (κ3) is 6.76. The fraction of sp³-hybridized carbons (Fsp3) is 0.480. The summed E-state index contributed by atoms with van der Waals surface area (Å²) in [6, 6.07) is 7.49. The largest absolute Gasteiger partial charge is 0.462 e. The SMILES string of the molecule is CNc1nc(N)nc2c1ncn2[C@H]1C[C@@H](C(C)=N)[C@@H](CO[P@@](=O)(N[C@H](C)C(=O)OC(C)C)Oc2ccccc2)O1. The predicted molar refractivity (Wildman–Crippen MR) is 149 cm³/mol. The number of carbonyl (C=O) groups is 1.